The zero-order valence-corrected chi connectivity index (χ0v) is 10.8. The van der Waals surface area contributed by atoms with Crippen LogP contribution in [0.2, 0.25) is 0 Å². The molecule has 0 amide bonds. The number of hydrogen-bond acceptors (Lipinski definition) is 1. The molecule has 2 aromatic carbocycles. The number of ether oxygens (including phenoxy) is 1. The van der Waals surface area contributed by atoms with E-state index in [-0.39, 0.29) is 12.4 Å². The van der Waals surface area contributed by atoms with Crippen LogP contribution in [0.25, 0.3) is 0 Å². The molecule has 3 heteroatoms. The van der Waals surface area contributed by atoms with Crippen LogP contribution < -0.4 is 4.74 Å². The molecule has 0 aliphatic rings. The van der Waals surface area contributed by atoms with Crippen LogP contribution in [0.5, 0.6) is 5.75 Å². The quantitative estimate of drug-likeness (QED) is 0.764. The number of rotatable bonds is 4. The summed E-state index contributed by atoms with van der Waals surface area (Å²) in [5.74, 6) is 0.516. The van der Waals surface area contributed by atoms with Crippen molar-refractivity contribution in [1.29, 1.82) is 0 Å². The first-order valence-corrected chi connectivity index (χ1v) is 6.43. The van der Waals surface area contributed by atoms with E-state index in [9.17, 15) is 4.39 Å². The fourth-order valence-corrected chi connectivity index (χ4v) is 1.83. The van der Waals surface area contributed by atoms with Crippen molar-refractivity contribution in [3.8, 4) is 5.75 Å². The van der Waals surface area contributed by atoms with Crippen LogP contribution >= 0.6 is 15.9 Å². The summed E-state index contributed by atoms with van der Waals surface area (Å²) in [6.45, 7) is 0.250. The van der Waals surface area contributed by atoms with Gasteiger partial charge < -0.3 is 4.74 Å². The third-order valence-corrected chi connectivity index (χ3v) is 3.08. The molecule has 0 atom stereocenters. The zero-order chi connectivity index (χ0) is 12.1. The molecule has 0 spiro atoms. The Hall–Kier alpha value is -1.35. The molecule has 0 bridgehead atoms. The molecule has 17 heavy (non-hydrogen) atoms. The summed E-state index contributed by atoms with van der Waals surface area (Å²) < 4.78 is 18.8. The van der Waals surface area contributed by atoms with Gasteiger partial charge in [-0.25, -0.2) is 4.39 Å². The fraction of sp³-hybridized carbons (Fsp3) is 0.143. The lowest BCUT2D eigenvalue weighted by molar-refractivity contribution is 0.300. The molecule has 1 nitrogen and oxygen atoms in total. The van der Waals surface area contributed by atoms with Crippen LogP contribution in [-0.4, -0.2) is 0 Å². The second kappa shape index (κ2) is 5.82. The lowest BCUT2D eigenvalue weighted by atomic mass is 10.2. The van der Waals surface area contributed by atoms with Crippen molar-refractivity contribution in [2.45, 2.75) is 11.9 Å². The van der Waals surface area contributed by atoms with Gasteiger partial charge in [0.1, 0.15) is 18.2 Å². The van der Waals surface area contributed by atoms with Gasteiger partial charge in [-0.2, -0.15) is 0 Å². The van der Waals surface area contributed by atoms with Gasteiger partial charge in [0.05, 0.1) is 0 Å². The van der Waals surface area contributed by atoms with Crippen molar-refractivity contribution < 1.29 is 9.13 Å². The highest BCUT2D eigenvalue weighted by atomic mass is 79.9. The molecular formula is C14H12BrFO. The molecule has 2 aromatic rings. The highest BCUT2D eigenvalue weighted by molar-refractivity contribution is 9.08. The van der Waals surface area contributed by atoms with Gasteiger partial charge in [-0.05, 0) is 23.8 Å². The summed E-state index contributed by atoms with van der Waals surface area (Å²) in [4.78, 5) is 0. The Balaban J connectivity index is 2.00. The van der Waals surface area contributed by atoms with Crippen molar-refractivity contribution in [2.75, 3.05) is 0 Å². The number of hydrogen-bond donors (Lipinski definition) is 0. The minimum absolute atomic E-state index is 0.232. The summed E-state index contributed by atoms with van der Waals surface area (Å²) in [5.41, 5.74) is 1.75. The van der Waals surface area contributed by atoms with E-state index in [1.54, 1.807) is 18.2 Å². The Morgan fingerprint density at radius 1 is 1.00 bits per heavy atom. The van der Waals surface area contributed by atoms with E-state index in [0.717, 1.165) is 11.1 Å². The van der Waals surface area contributed by atoms with Gasteiger partial charge in [-0.3, -0.25) is 0 Å². The van der Waals surface area contributed by atoms with Crippen molar-refractivity contribution >= 4 is 15.9 Å². The minimum atomic E-state index is -0.232. The largest absolute Gasteiger partial charge is 0.489 e. The fourth-order valence-electron chi connectivity index (χ4n) is 1.45. The van der Waals surface area contributed by atoms with Crippen LogP contribution in [0.1, 0.15) is 11.1 Å². The first kappa shape index (κ1) is 12.1. The maximum atomic E-state index is 13.3. The van der Waals surface area contributed by atoms with Gasteiger partial charge in [-0.1, -0.05) is 46.3 Å². The molecule has 0 fully saturated rings. The van der Waals surface area contributed by atoms with Crippen molar-refractivity contribution in [1.82, 2.24) is 0 Å². The molecule has 0 unspecified atom stereocenters. The van der Waals surface area contributed by atoms with E-state index < -0.39 is 0 Å². The highest BCUT2D eigenvalue weighted by Crippen LogP contribution is 2.16. The summed E-state index contributed by atoms with van der Waals surface area (Å²) in [6, 6.07) is 14.4. The van der Waals surface area contributed by atoms with E-state index in [0.29, 0.717) is 5.56 Å². The van der Waals surface area contributed by atoms with Crippen LogP contribution in [0.4, 0.5) is 4.39 Å². The highest BCUT2D eigenvalue weighted by Gasteiger charge is 2.01. The lowest BCUT2D eigenvalue weighted by Gasteiger charge is -2.07. The monoisotopic (exact) mass is 294 g/mol. The van der Waals surface area contributed by atoms with Gasteiger partial charge in [0.2, 0.25) is 0 Å². The molecule has 88 valence electrons. The summed E-state index contributed by atoms with van der Waals surface area (Å²) in [6.07, 6.45) is 0. The lowest BCUT2D eigenvalue weighted by Crippen LogP contribution is -1.98. The van der Waals surface area contributed by atoms with Crippen LogP contribution in [0.3, 0.4) is 0 Å². The van der Waals surface area contributed by atoms with E-state index in [1.807, 2.05) is 24.3 Å². The Morgan fingerprint density at radius 3 is 2.35 bits per heavy atom. The molecule has 0 heterocycles. The number of alkyl halides is 1. The minimum Gasteiger partial charge on any atom is -0.489 e. The van der Waals surface area contributed by atoms with Crippen molar-refractivity contribution in [3.63, 3.8) is 0 Å². The molecule has 0 N–H and O–H groups in total. The van der Waals surface area contributed by atoms with Gasteiger partial charge in [-0.15, -0.1) is 0 Å². The predicted octanol–water partition coefficient (Wildman–Crippen LogP) is 4.30. The van der Waals surface area contributed by atoms with Crippen LogP contribution in [0, 0.1) is 5.82 Å². The van der Waals surface area contributed by atoms with E-state index >= 15 is 0 Å². The standard InChI is InChI=1S/C14H12BrFO/c15-9-11-5-7-13(8-6-11)17-10-12-3-1-2-4-14(12)16/h1-8H,9-10H2. The molecule has 0 aliphatic carbocycles. The smallest absolute Gasteiger partial charge is 0.129 e. The van der Waals surface area contributed by atoms with Crippen molar-refractivity contribution in [2.24, 2.45) is 0 Å². The Bertz CT molecular complexity index is 482. The molecule has 2 rings (SSSR count). The average Bonchev–Trinajstić information content (AvgIpc) is 2.38. The topological polar surface area (TPSA) is 9.23 Å². The Morgan fingerprint density at radius 2 is 1.71 bits per heavy atom. The third kappa shape index (κ3) is 3.30. The molecule has 0 aliphatic heterocycles. The van der Waals surface area contributed by atoms with Gasteiger partial charge in [0, 0.05) is 10.9 Å². The van der Waals surface area contributed by atoms with E-state index in [4.69, 9.17) is 4.74 Å². The third-order valence-electron chi connectivity index (χ3n) is 2.43. The summed E-state index contributed by atoms with van der Waals surface area (Å²) in [5, 5.41) is 0.820. The van der Waals surface area contributed by atoms with Gasteiger partial charge in [0.25, 0.3) is 0 Å². The molecule has 0 radical (unpaired) electrons. The first-order chi connectivity index (χ1) is 8.29. The second-order valence-electron chi connectivity index (χ2n) is 3.66. The second-order valence-corrected chi connectivity index (χ2v) is 4.22. The van der Waals surface area contributed by atoms with Crippen LogP contribution in [0.15, 0.2) is 48.5 Å². The Kier molecular flexibility index (Phi) is 4.15. The zero-order valence-electron chi connectivity index (χ0n) is 9.20. The normalized spacial score (nSPS) is 10.2. The number of benzene rings is 2. The predicted molar refractivity (Wildman–Crippen MR) is 69.8 cm³/mol. The molecule has 0 aromatic heterocycles. The molecule has 0 saturated heterocycles. The molecule has 0 saturated carbocycles. The van der Waals surface area contributed by atoms with E-state index in [1.165, 1.54) is 11.6 Å². The van der Waals surface area contributed by atoms with Gasteiger partial charge >= 0.3 is 0 Å². The van der Waals surface area contributed by atoms with Crippen molar-refractivity contribution in [3.05, 3.63) is 65.5 Å². The van der Waals surface area contributed by atoms with E-state index in [2.05, 4.69) is 15.9 Å². The first-order valence-electron chi connectivity index (χ1n) is 5.30. The Labute approximate surface area is 108 Å². The average molecular weight is 295 g/mol. The summed E-state index contributed by atoms with van der Waals surface area (Å²) in [7, 11) is 0. The SMILES string of the molecule is Fc1ccccc1COc1ccc(CBr)cc1. The molecular weight excluding hydrogens is 283 g/mol. The number of halogens is 2. The summed E-state index contributed by atoms with van der Waals surface area (Å²) >= 11 is 3.38. The van der Waals surface area contributed by atoms with Crippen LogP contribution in [-0.2, 0) is 11.9 Å². The maximum absolute atomic E-state index is 13.3. The maximum Gasteiger partial charge on any atom is 0.129 e. The van der Waals surface area contributed by atoms with Gasteiger partial charge in [0.15, 0.2) is 0 Å².